The van der Waals surface area contributed by atoms with Crippen LogP contribution in [0, 0.1) is 13.8 Å². The topological polar surface area (TPSA) is 82.5 Å². The third-order valence-corrected chi connectivity index (χ3v) is 4.67. The molecule has 0 aliphatic carbocycles. The minimum atomic E-state index is 0.427. The van der Waals surface area contributed by atoms with Crippen LogP contribution in [-0.2, 0) is 6.54 Å². The van der Waals surface area contributed by atoms with Gasteiger partial charge in [-0.3, -0.25) is 4.68 Å². The Balaban J connectivity index is 1.75. The number of hydrogen-bond acceptors (Lipinski definition) is 6. The van der Waals surface area contributed by atoms with Gasteiger partial charge in [-0.1, -0.05) is 24.3 Å². The lowest BCUT2D eigenvalue weighted by atomic mass is 10.1. The van der Waals surface area contributed by atoms with Crippen LogP contribution in [0.2, 0.25) is 0 Å². The number of benzene rings is 1. The van der Waals surface area contributed by atoms with Gasteiger partial charge >= 0.3 is 0 Å². The van der Waals surface area contributed by atoms with E-state index >= 15 is 0 Å². The summed E-state index contributed by atoms with van der Waals surface area (Å²) in [5, 5.41) is 8.23. The summed E-state index contributed by atoms with van der Waals surface area (Å²) in [7, 11) is 0. The molecule has 0 unspecified atom stereocenters. The summed E-state index contributed by atoms with van der Waals surface area (Å²) in [6, 6.07) is 8.25. The van der Waals surface area contributed by atoms with Crippen molar-refractivity contribution in [2.24, 2.45) is 0 Å². The van der Waals surface area contributed by atoms with E-state index < -0.39 is 0 Å². The van der Waals surface area contributed by atoms with Crippen molar-refractivity contribution >= 4 is 28.2 Å². The standard InChI is InChI=1S/C17H16N6S/c1-10-5-3-4-6-12(10)7-23-8-13-15(18)20-17(21-16(13)22-23)14-9-24-11(2)19-14/h3-6,8-9H,7H2,1-2H3,(H2,18,20,21,22). The lowest BCUT2D eigenvalue weighted by molar-refractivity contribution is 0.690. The number of hydrogen-bond donors (Lipinski definition) is 1. The molecular formula is C17H16N6S. The summed E-state index contributed by atoms with van der Waals surface area (Å²) in [6.45, 7) is 4.72. The molecule has 4 aromatic rings. The molecule has 3 aromatic heterocycles. The van der Waals surface area contributed by atoms with Crippen LogP contribution in [0.3, 0.4) is 0 Å². The van der Waals surface area contributed by atoms with Crippen molar-refractivity contribution < 1.29 is 0 Å². The normalized spacial score (nSPS) is 11.2. The lowest BCUT2D eigenvalue weighted by Crippen LogP contribution is -2.01. The summed E-state index contributed by atoms with van der Waals surface area (Å²) in [6.07, 6.45) is 1.90. The zero-order valence-electron chi connectivity index (χ0n) is 13.4. The fraction of sp³-hybridized carbons (Fsp3) is 0.176. The quantitative estimate of drug-likeness (QED) is 0.621. The van der Waals surface area contributed by atoms with Crippen molar-refractivity contribution in [2.45, 2.75) is 20.4 Å². The molecule has 2 N–H and O–H groups in total. The van der Waals surface area contributed by atoms with Gasteiger partial charge in [0.15, 0.2) is 11.5 Å². The predicted octanol–water partition coefficient (Wildman–Crippen LogP) is 3.20. The van der Waals surface area contributed by atoms with Crippen LogP contribution in [-0.4, -0.2) is 24.7 Å². The molecule has 0 saturated heterocycles. The lowest BCUT2D eigenvalue weighted by Gasteiger charge is -2.04. The first-order valence-electron chi connectivity index (χ1n) is 7.58. The first-order chi connectivity index (χ1) is 11.6. The van der Waals surface area contributed by atoms with Crippen LogP contribution in [0.5, 0.6) is 0 Å². The minimum absolute atomic E-state index is 0.427. The van der Waals surface area contributed by atoms with E-state index in [0.717, 1.165) is 16.1 Å². The average Bonchev–Trinajstić information content (AvgIpc) is 3.16. The van der Waals surface area contributed by atoms with Crippen LogP contribution in [0.25, 0.3) is 22.6 Å². The Hall–Kier alpha value is -2.80. The molecule has 1 aromatic carbocycles. The third kappa shape index (κ3) is 2.63. The molecule has 4 rings (SSSR count). The summed E-state index contributed by atoms with van der Waals surface area (Å²) in [5.74, 6) is 0.946. The maximum atomic E-state index is 6.11. The second-order valence-corrected chi connectivity index (χ2v) is 6.74. The molecule has 3 heterocycles. The molecule has 0 aliphatic rings. The van der Waals surface area contributed by atoms with Crippen molar-refractivity contribution in [1.82, 2.24) is 24.7 Å². The number of nitrogens with two attached hydrogens (primary N) is 1. The first-order valence-corrected chi connectivity index (χ1v) is 8.46. The van der Waals surface area contributed by atoms with Crippen LogP contribution in [0.1, 0.15) is 16.1 Å². The summed E-state index contributed by atoms with van der Waals surface area (Å²) in [4.78, 5) is 13.3. The highest BCUT2D eigenvalue weighted by Gasteiger charge is 2.13. The van der Waals surface area contributed by atoms with E-state index in [1.807, 2.05) is 35.3 Å². The molecule has 0 atom stereocenters. The van der Waals surface area contributed by atoms with Crippen LogP contribution >= 0.6 is 11.3 Å². The molecular weight excluding hydrogens is 320 g/mol. The van der Waals surface area contributed by atoms with Gasteiger partial charge in [-0.15, -0.1) is 11.3 Å². The SMILES string of the molecule is Cc1nc(-c2nc(N)c3cn(Cc4ccccc4C)nc3n2)cs1. The van der Waals surface area contributed by atoms with Crippen molar-refractivity contribution in [1.29, 1.82) is 0 Å². The van der Waals surface area contributed by atoms with Gasteiger partial charge < -0.3 is 5.73 Å². The van der Waals surface area contributed by atoms with E-state index in [1.54, 1.807) is 11.3 Å². The Labute approximate surface area is 143 Å². The summed E-state index contributed by atoms with van der Waals surface area (Å²) >= 11 is 1.56. The number of nitrogen functional groups attached to an aromatic ring is 1. The summed E-state index contributed by atoms with van der Waals surface area (Å²) < 4.78 is 1.86. The Bertz CT molecular complexity index is 1030. The zero-order chi connectivity index (χ0) is 16.7. The molecule has 0 radical (unpaired) electrons. The van der Waals surface area contributed by atoms with E-state index in [-0.39, 0.29) is 0 Å². The second kappa shape index (κ2) is 5.68. The highest BCUT2D eigenvalue weighted by atomic mass is 32.1. The number of aromatic nitrogens is 5. The number of fused-ring (bicyclic) bond motifs is 1. The second-order valence-electron chi connectivity index (χ2n) is 5.67. The largest absolute Gasteiger partial charge is 0.383 e. The molecule has 6 nitrogen and oxygen atoms in total. The van der Waals surface area contributed by atoms with Crippen LogP contribution in [0.15, 0.2) is 35.8 Å². The molecule has 0 amide bonds. The number of nitrogens with zero attached hydrogens (tertiary/aromatic N) is 5. The van der Waals surface area contributed by atoms with E-state index in [0.29, 0.717) is 23.8 Å². The summed E-state index contributed by atoms with van der Waals surface area (Å²) in [5.41, 5.74) is 9.89. The van der Waals surface area contributed by atoms with Gasteiger partial charge in [0.25, 0.3) is 0 Å². The van der Waals surface area contributed by atoms with Gasteiger partial charge in [-0.2, -0.15) is 5.10 Å². The molecule has 0 saturated carbocycles. The van der Waals surface area contributed by atoms with Crippen LogP contribution < -0.4 is 5.73 Å². The maximum absolute atomic E-state index is 6.11. The highest BCUT2D eigenvalue weighted by Crippen LogP contribution is 2.24. The smallest absolute Gasteiger partial charge is 0.187 e. The fourth-order valence-electron chi connectivity index (χ4n) is 2.60. The fourth-order valence-corrected chi connectivity index (χ4v) is 3.19. The third-order valence-electron chi connectivity index (χ3n) is 3.90. The Morgan fingerprint density at radius 3 is 2.71 bits per heavy atom. The van der Waals surface area contributed by atoms with Crippen LogP contribution in [0.4, 0.5) is 5.82 Å². The van der Waals surface area contributed by atoms with E-state index in [1.165, 1.54) is 11.1 Å². The molecule has 24 heavy (non-hydrogen) atoms. The monoisotopic (exact) mass is 336 g/mol. The molecule has 7 heteroatoms. The van der Waals surface area contributed by atoms with Gasteiger partial charge in [-0.05, 0) is 25.0 Å². The Morgan fingerprint density at radius 1 is 1.12 bits per heavy atom. The minimum Gasteiger partial charge on any atom is -0.383 e. The Morgan fingerprint density at radius 2 is 1.96 bits per heavy atom. The molecule has 0 fully saturated rings. The van der Waals surface area contributed by atoms with Gasteiger partial charge in [0.05, 0.1) is 16.9 Å². The first kappa shape index (κ1) is 14.8. The van der Waals surface area contributed by atoms with Gasteiger partial charge in [0.2, 0.25) is 0 Å². The highest BCUT2D eigenvalue weighted by molar-refractivity contribution is 7.09. The van der Waals surface area contributed by atoms with Gasteiger partial charge in [-0.25, -0.2) is 15.0 Å². The zero-order valence-corrected chi connectivity index (χ0v) is 14.2. The van der Waals surface area contributed by atoms with Crippen molar-refractivity contribution in [3.63, 3.8) is 0 Å². The van der Waals surface area contributed by atoms with Gasteiger partial charge in [0.1, 0.15) is 11.5 Å². The number of anilines is 1. The van der Waals surface area contributed by atoms with E-state index in [4.69, 9.17) is 5.73 Å². The Kier molecular flexibility index (Phi) is 3.50. The van der Waals surface area contributed by atoms with Crippen molar-refractivity contribution in [2.75, 3.05) is 5.73 Å². The predicted molar refractivity (Wildman–Crippen MR) is 95.9 cm³/mol. The molecule has 0 bridgehead atoms. The molecule has 0 aliphatic heterocycles. The molecule has 0 spiro atoms. The maximum Gasteiger partial charge on any atom is 0.187 e. The average molecular weight is 336 g/mol. The number of thiazole rings is 1. The van der Waals surface area contributed by atoms with E-state index in [2.05, 4.69) is 39.1 Å². The van der Waals surface area contributed by atoms with Crippen molar-refractivity contribution in [3.05, 3.63) is 52.0 Å². The van der Waals surface area contributed by atoms with E-state index in [9.17, 15) is 0 Å². The molecule has 120 valence electrons. The number of aryl methyl sites for hydroxylation is 2. The van der Waals surface area contributed by atoms with Crippen molar-refractivity contribution in [3.8, 4) is 11.5 Å². The number of rotatable bonds is 3. The van der Waals surface area contributed by atoms with Gasteiger partial charge in [0, 0.05) is 11.6 Å².